The monoisotopic (exact) mass is 454 g/mol. The first kappa shape index (κ1) is 26.8. The van der Waals surface area contributed by atoms with E-state index in [0.29, 0.717) is 25.3 Å². The minimum absolute atomic E-state index is 0.246. The zero-order chi connectivity index (χ0) is 23.9. The molecular formula is C28H42N2O3. The van der Waals surface area contributed by atoms with E-state index < -0.39 is 6.10 Å². The van der Waals surface area contributed by atoms with Crippen molar-refractivity contribution in [2.45, 2.75) is 96.1 Å². The van der Waals surface area contributed by atoms with Crippen molar-refractivity contribution in [1.29, 1.82) is 0 Å². The van der Waals surface area contributed by atoms with Crippen LogP contribution in [-0.2, 0) is 9.53 Å². The van der Waals surface area contributed by atoms with Gasteiger partial charge in [0, 0.05) is 30.5 Å². The molecule has 0 aliphatic heterocycles. The summed E-state index contributed by atoms with van der Waals surface area (Å²) in [5.41, 5.74) is 9.67. The number of nitrogens with zero attached hydrogens (tertiary/aromatic N) is 1. The molecule has 3 N–H and O–H groups in total. The molecule has 0 saturated heterocycles. The van der Waals surface area contributed by atoms with E-state index in [2.05, 4.69) is 30.1 Å². The maximum atomic E-state index is 11.4. The third-order valence-electron chi connectivity index (χ3n) is 6.32. The Hall–Kier alpha value is -2.40. The number of hydrogen-bond acceptors (Lipinski definition) is 5. The highest BCUT2D eigenvalue weighted by molar-refractivity contribution is 6.09. The molecule has 1 aromatic rings. The topological polar surface area (TPSA) is 84.9 Å². The molecule has 0 bridgehead atoms. The van der Waals surface area contributed by atoms with Crippen molar-refractivity contribution in [3.63, 3.8) is 0 Å². The summed E-state index contributed by atoms with van der Waals surface area (Å²) in [4.78, 5) is 16.1. The molecule has 0 heterocycles. The van der Waals surface area contributed by atoms with E-state index in [0.717, 1.165) is 41.5 Å². The average molecular weight is 455 g/mol. The number of allylic oxidation sites excluding steroid dienone is 2. The molecule has 182 valence electrons. The number of rotatable bonds is 15. The summed E-state index contributed by atoms with van der Waals surface area (Å²) in [6.07, 6.45) is 19.4. The Morgan fingerprint density at radius 1 is 1.24 bits per heavy atom. The van der Waals surface area contributed by atoms with Crippen LogP contribution in [0.15, 0.2) is 35.5 Å². The van der Waals surface area contributed by atoms with Crippen molar-refractivity contribution in [3.05, 3.63) is 47.2 Å². The number of esters is 1. The smallest absolute Gasteiger partial charge is 0.305 e. The second-order valence-electron chi connectivity index (χ2n) is 8.92. The Morgan fingerprint density at radius 3 is 2.70 bits per heavy atom. The first-order valence-electron chi connectivity index (χ1n) is 12.6. The molecule has 1 unspecified atom stereocenters. The summed E-state index contributed by atoms with van der Waals surface area (Å²) in [6.45, 7) is 2.23. The molecule has 1 fully saturated rings. The van der Waals surface area contributed by atoms with Gasteiger partial charge in [-0.05, 0) is 67.7 Å². The number of carbonyl (C=O) groups is 1. The lowest BCUT2D eigenvalue weighted by Gasteiger charge is -2.20. The molecular weight excluding hydrogens is 412 g/mol. The molecule has 1 atom stereocenters. The van der Waals surface area contributed by atoms with Crippen molar-refractivity contribution in [1.82, 2.24) is 0 Å². The predicted octanol–water partition coefficient (Wildman–Crippen LogP) is 6.36. The van der Waals surface area contributed by atoms with Crippen molar-refractivity contribution in [2.24, 2.45) is 10.7 Å². The summed E-state index contributed by atoms with van der Waals surface area (Å²) in [6, 6.07) is 6.47. The summed E-state index contributed by atoms with van der Waals surface area (Å²) >= 11 is 0. The first-order valence-corrected chi connectivity index (χ1v) is 12.6. The van der Waals surface area contributed by atoms with Crippen LogP contribution in [0.2, 0.25) is 0 Å². The molecule has 0 amide bonds. The maximum Gasteiger partial charge on any atom is 0.305 e. The van der Waals surface area contributed by atoms with Gasteiger partial charge in [-0.15, -0.1) is 0 Å². The normalized spacial score (nSPS) is 15.8. The van der Waals surface area contributed by atoms with Crippen LogP contribution in [0.4, 0.5) is 0 Å². The van der Waals surface area contributed by atoms with Crippen molar-refractivity contribution < 1.29 is 14.6 Å². The van der Waals surface area contributed by atoms with E-state index in [1.165, 1.54) is 45.6 Å². The predicted molar refractivity (Wildman–Crippen MR) is 138 cm³/mol. The maximum absolute atomic E-state index is 11.4. The number of unbranched alkanes of at least 4 members (excludes halogenated alkanes) is 5. The van der Waals surface area contributed by atoms with Gasteiger partial charge in [0.05, 0.1) is 13.2 Å². The van der Waals surface area contributed by atoms with Gasteiger partial charge < -0.3 is 15.6 Å². The van der Waals surface area contributed by atoms with E-state index >= 15 is 0 Å². The van der Waals surface area contributed by atoms with Gasteiger partial charge in [0.1, 0.15) is 0 Å². The van der Waals surface area contributed by atoms with Gasteiger partial charge in [-0.25, -0.2) is 0 Å². The molecule has 2 rings (SSSR count). The summed E-state index contributed by atoms with van der Waals surface area (Å²) in [5, 5.41) is 10.8. The van der Waals surface area contributed by atoms with Crippen molar-refractivity contribution in [3.8, 4) is 0 Å². The van der Waals surface area contributed by atoms with Crippen molar-refractivity contribution in [2.75, 3.05) is 7.11 Å². The number of nitrogens with two attached hydrogens (primary N) is 1. The fourth-order valence-electron chi connectivity index (χ4n) is 3.91. The minimum Gasteiger partial charge on any atom is -0.469 e. The molecule has 5 heteroatoms. The number of aliphatic hydroxyl groups excluding tert-OH is 1. The molecule has 0 aromatic heterocycles. The quantitative estimate of drug-likeness (QED) is 0.183. The van der Waals surface area contributed by atoms with Crippen LogP contribution in [0, 0.1) is 0 Å². The summed E-state index contributed by atoms with van der Waals surface area (Å²) in [7, 11) is 1.39. The van der Waals surface area contributed by atoms with E-state index in [4.69, 9.17) is 10.5 Å². The highest BCUT2D eigenvalue weighted by atomic mass is 16.5. The SMILES string of the molecule is CCCCCCC/C=C/c1cc(/C(C=NC2CCC2)=C/N)ccc1C(O)CCCC(=O)OC. The number of benzene rings is 1. The second kappa shape index (κ2) is 15.4. The highest BCUT2D eigenvalue weighted by Gasteiger charge is 2.16. The number of carbonyl (C=O) groups excluding carboxylic acids is 1. The largest absolute Gasteiger partial charge is 0.469 e. The van der Waals surface area contributed by atoms with Gasteiger partial charge in [-0.1, -0.05) is 56.9 Å². The van der Waals surface area contributed by atoms with E-state index in [1.54, 1.807) is 6.20 Å². The van der Waals surface area contributed by atoms with E-state index in [1.807, 2.05) is 18.3 Å². The van der Waals surface area contributed by atoms with Crippen LogP contribution >= 0.6 is 0 Å². The van der Waals surface area contributed by atoms with Gasteiger partial charge in [-0.3, -0.25) is 9.79 Å². The van der Waals surface area contributed by atoms with Gasteiger partial charge in [-0.2, -0.15) is 0 Å². The number of hydrogen-bond donors (Lipinski definition) is 2. The van der Waals surface area contributed by atoms with Crippen LogP contribution in [0.3, 0.4) is 0 Å². The van der Waals surface area contributed by atoms with Gasteiger partial charge >= 0.3 is 5.97 Å². The molecule has 5 nitrogen and oxygen atoms in total. The molecule has 1 saturated carbocycles. The minimum atomic E-state index is -0.637. The van der Waals surface area contributed by atoms with Gasteiger partial charge in [0.25, 0.3) is 0 Å². The van der Waals surface area contributed by atoms with E-state index in [9.17, 15) is 9.90 Å². The lowest BCUT2D eigenvalue weighted by atomic mass is 9.93. The van der Waals surface area contributed by atoms with Crippen LogP contribution in [0.25, 0.3) is 11.6 Å². The molecule has 0 radical (unpaired) electrons. The molecule has 1 aliphatic rings. The van der Waals surface area contributed by atoms with Crippen LogP contribution in [0.1, 0.15) is 107 Å². The second-order valence-corrected chi connectivity index (χ2v) is 8.92. The van der Waals surface area contributed by atoms with Crippen LogP contribution in [0.5, 0.6) is 0 Å². The Morgan fingerprint density at radius 2 is 2.03 bits per heavy atom. The first-order chi connectivity index (χ1) is 16.1. The molecule has 33 heavy (non-hydrogen) atoms. The number of ether oxygens (including phenoxy) is 1. The standard InChI is InChI=1S/C28H42N2O3/c1-3-4-5-6-7-8-9-12-23-19-22(24(20-29)21-30-25-13-10-14-25)17-18-26(23)27(31)15-11-16-28(32)33-2/h9,12,17-21,25,27,31H,3-8,10-11,13-16,29H2,1-2H3/b12-9+,24-20+,30-21?. The van der Waals surface area contributed by atoms with Gasteiger partial charge in [0.2, 0.25) is 0 Å². The van der Waals surface area contributed by atoms with Crippen LogP contribution < -0.4 is 5.73 Å². The zero-order valence-corrected chi connectivity index (χ0v) is 20.5. The Labute approximate surface area is 199 Å². The highest BCUT2D eigenvalue weighted by Crippen LogP contribution is 2.28. The zero-order valence-electron chi connectivity index (χ0n) is 20.5. The molecule has 0 spiro atoms. The fraction of sp³-hybridized carbons (Fsp3) is 0.571. The third-order valence-corrected chi connectivity index (χ3v) is 6.32. The molecule has 1 aliphatic carbocycles. The Bertz CT molecular complexity index is 809. The van der Waals surface area contributed by atoms with Crippen molar-refractivity contribution >= 4 is 23.8 Å². The average Bonchev–Trinajstić information content (AvgIpc) is 2.79. The van der Waals surface area contributed by atoms with Gasteiger partial charge in [0.15, 0.2) is 0 Å². The summed E-state index contributed by atoms with van der Waals surface area (Å²) < 4.78 is 4.71. The number of methoxy groups -OCH3 is 1. The third kappa shape index (κ3) is 9.55. The Balaban J connectivity index is 2.13. The molecule has 1 aromatic carbocycles. The van der Waals surface area contributed by atoms with E-state index in [-0.39, 0.29) is 5.97 Å². The number of aliphatic imine (C=N–C) groups is 1. The lowest BCUT2D eigenvalue weighted by Crippen LogP contribution is -2.14. The number of aliphatic hydroxyl groups is 1. The lowest BCUT2D eigenvalue weighted by molar-refractivity contribution is -0.140. The fourth-order valence-corrected chi connectivity index (χ4v) is 3.91. The Kier molecular flexibility index (Phi) is 12.6. The van der Waals surface area contributed by atoms with Crippen LogP contribution in [-0.4, -0.2) is 30.4 Å². The summed E-state index contributed by atoms with van der Waals surface area (Å²) in [5.74, 6) is -0.246.